The topological polar surface area (TPSA) is 69.2 Å². The van der Waals surface area contributed by atoms with E-state index < -0.39 is 5.91 Å². The summed E-state index contributed by atoms with van der Waals surface area (Å²) in [6.45, 7) is 1.78. The number of nitrogens with zero attached hydrogens (tertiary/aromatic N) is 2. The van der Waals surface area contributed by atoms with Gasteiger partial charge in [-0.2, -0.15) is 0 Å². The molecule has 2 heterocycles. The molecule has 0 spiro atoms. The predicted octanol–water partition coefficient (Wildman–Crippen LogP) is 4.65. The van der Waals surface area contributed by atoms with Gasteiger partial charge in [0.2, 0.25) is 0 Å². The molecule has 0 saturated carbocycles. The smallest absolute Gasteiger partial charge is 0.295 e. The number of carbonyl (C=O) groups excluding carboxylic acids is 1. The van der Waals surface area contributed by atoms with E-state index in [1.807, 2.05) is 42.5 Å². The van der Waals surface area contributed by atoms with Crippen LogP contribution in [-0.2, 0) is 7.05 Å². The fourth-order valence-corrected chi connectivity index (χ4v) is 3.24. The summed E-state index contributed by atoms with van der Waals surface area (Å²) in [6.07, 6.45) is 0. The van der Waals surface area contributed by atoms with E-state index in [-0.39, 0.29) is 17.0 Å². The van der Waals surface area contributed by atoms with Crippen molar-refractivity contribution in [2.24, 2.45) is 7.05 Å². The van der Waals surface area contributed by atoms with Gasteiger partial charge < -0.3 is 9.73 Å². The fourth-order valence-electron chi connectivity index (χ4n) is 3.12. The minimum atomic E-state index is -0.490. The molecule has 1 N–H and O–H groups in total. The Morgan fingerprint density at radius 3 is 2.38 bits per heavy atom. The lowest BCUT2D eigenvalue weighted by atomic mass is 10.2. The Morgan fingerprint density at radius 2 is 1.69 bits per heavy atom. The van der Waals surface area contributed by atoms with E-state index in [1.54, 1.807) is 42.9 Å². The van der Waals surface area contributed by atoms with Crippen LogP contribution in [0.4, 0.5) is 5.69 Å². The van der Waals surface area contributed by atoms with E-state index >= 15 is 0 Å². The van der Waals surface area contributed by atoms with E-state index in [2.05, 4.69) is 5.32 Å². The number of benzene rings is 2. The number of halogens is 1. The number of furan rings is 1. The zero-order valence-corrected chi connectivity index (χ0v) is 16.6. The van der Waals surface area contributed by atoms with Gasteiger partial charge in [0.25, 0.3) is 11.5 Å². The summed E-state index contributed by atoms with van der Waals surface area (Å²) in [7, 11) is 1.77. The zero-order chi connectivity index (χ0) is 20.5. The van der Waals surface area contributed by atoms with Gasteiger partial charge in [0, 0.05) is 17.6 Å². The molecule has 7 heteroatoms. The number of hydrogen-bond donors (Lipinski definition) is 1. The van der Waals surface area contributed by atoms with Gasteiger partial charge in [0.1, 0.15) is 11.4 Å². The van der Waals surface area contributed by atoms with Crippen LogP contribution in [0.25, 0.3) is 17.0 Å². The van der Waals surface area contributed by atoms with Crippen molar-refractivity contribution in [2.45, 2.75) is 6.92 Å². The van der Waals surface area contributed by atoms with Gasteiger partial charge in [-0.1, -0.05) is 29.8 Å². The summed E-state index contributed by atoms with van der Waals surface area (Å²) in [4.78, 5) is 25.6. The van der Waals surface area contributed by atoms with Crippen molar-refractivity contribution >= 4 is 23.2 Å². The van der Waals surface area contributed by atoms with E-state index in [9.17, 15) is 9.59 Å². The molecule has 0 aliphatic rings. The van der Waals surface area contributed by atoms with Crippen molar-refractivity contribution in [1.29, 1.82) is 0 Å². The van der Waals surface area contributed by atoms with Crippen LogP contribution in [-0.4, -0.2) is 15.3 Å². The summed E-state index contributed by atoms with van der Waals surface area (Å²) in [5.74, 6) is 0.165. The molecule has 0 atom stereocenters. The average molecular weight is 408 g/mol. The van der Waals surface area contributed by atoms with Crippen molar-refractivity contribution in [3.8, 4) is 17.0 Å². The highest BCUT2D eigenvalue weighted by molar-refractivity contribution is 6.30. The molecule has 0 radical (unpaired) electrons. The summed E-state index contributed by atoms with van der Waals surface area (Å²) in [5.41, 5.74) is 2.05. The van der Waals surface area contributed by atoms with Gasteiger partial charge in [0.05, 0.1) is 11.4 Å². The van der Waals surface area contributed by atoms with Crippen LogP contribution >= 0.6 is 11.6 Å². The predicted molar refractivity (Wildman–Crippen MR) is 113 cm³/mol. The monoisotopic (exact) mass is 407 g/mol. The molecule has 0 aliphatic carbocycles. The molecule has 0 aliphatic heterocycles. The highest BCUT2D eigenvalue weighted by Gasteiger charge is 2.20. The number of carbonyl (C=O) groups is 1. The molecule has 0 unspecified atom stereocenters. The number of nitrogens with one attached hydrogen (secondary N) is 1. The van der Waals surface area contributed by atoms with Crippen molar-refractivity contribution < 1.29 is 9.21 Å². The molecule has 0 fully saturated rings. The van der Waals surface area contributed by atoms with Gasteiger partial charge in [-0.25, -0.2) is 4.68 Å². The van der Waals surface area contributed by atoms with E-state index in [0.717, 1.165) is 5.56 Å². The third-order valence-electron chi connectivity index (χ3n) is 4.75. The van der Waals surface area contributed by atoms with Gasteiger partial charge in [-0.3, -0.25) is 14.3 Å². The Bertz CT molecular complexity index is 1230. The van der Waals surface area contributed by atoms with Crippen LogP contribution in [0.3, 0.4) is 0 Å². The number of para-hydroxylation sites is 1. The van der Waals surface area contributed by atoms with Crippen LogP contribution in [0.15, 0.2) is 75.9 Å². The summed E-state index contributed by atoms with van der Waals surface area (Å²) in [6, 6.07) is 19.6. The maximum atomic E-state index is 12.9. The van der Waals surface area contributed by atoms with Gasteiger partial charge in [-0.05, 0) is 55.5 Å². The molecule has 1 amide bonds. The average Bonchev–Trinajstić information content (AvgIpc) is 3.29. The summed E-state index contributed by atoms with van der Waals surface area (Å²) < 4.78 is 8.88. The molecule has 2 aromatic carbocycles. The van der Waals surface area contributed by atoms with Gasteiger partial charge in [0.15, 0.2) is 5.76 Å². The van der Waals surface area contributed by atoms with Crippen molar-refractivity contribution in [3.05, 3.63) is 93.6 Å². The SMILES string of the molecule is Cc1c(NC(=O)c2ccc(-c3ccc(Cl)cc3)o2)c(=O)n(-c2ccccc2)n1C. The van der Waals surface area contributed by atoms with Crippen LogP contribution in [0.5, 0.6) is 0 Å². The Labute approximate surface area is 171 Å². The second-order valence-corrected chi connectivity index (χ2v) is 7.00. The van der Waals surface area contributed by atoms with Crippen LogP contribution < -0.4 is 10.9 Å². The lowest BCUT2D eigenvalue weighted by Crippen LogP contribution is -2.22. The van der Waals surface area contributed by atoms with Gasteiger partial charge >= 0.3 is 0 Å². The Hall–Kier alpha value is -3.51. The number of amides is 1. The molecule has 4 aromatic rings. The summed E-state index contributed by atoms with van der Waals surface area (Å²) >= 11 is 5.91. The highest BCUT2D eigenvalue weighted by Crippen LogP contribution is 2.24. The van der Waals surface area contributed by atoms with Crippen LogP contribution in [0, 0.1) is 6.92 Å². The summed E-state index contributed by atoms with van der Waals surface area (Å²) in [5, 5.41) is 3.31. The maximum Gasteiger partial charge on any atom is 0.295 e. The molecule has 0 bridgehead atoms. The number of hydrogen-bond acceptors (Lipinski definition) is 3. The molecule has 29 heavy (non-hydrogen) atoms. The Kier molecular flexibility index (Phi) is 4.86. The fraction of sp³-hybridized carbons (Fsp3) is 0.0909. The minimum Gasteiger partial charge on any atom is -0.451 e. The maximum absolute atomic E-state index is 12.9. The third-order valence-corrected chi connectivity index (χ3v) is 5.00. The first-order valence-electron chi connectivity index (χ1n) is 8.97. The molecule has 0 saturated heterocycles. The van der Waals surface area contributed by atoms with Crippen molar-refractivity contribution in [2.75, 3.05) is 5.32 Å². The highest BCUT2D eigenvalue weighted by atomic mass is 35.5. The second-order valence-electron chi connectivity index (χ2n) is 6.56. The number of aromatic nitrogens is 2. The van der Waals surface area contributed by atoms with Crippen molar-refractivity contribution in [1.82, 2.24) is 9.36 Å². The quantitative estimate of drug-likeness (QED) is 0.535. The zero-order valence-electron chi connectivity index (χ0n) is 15.8. The number of anilines is 1. The molecule has 146 valence electrons. The van der Waals surface area contributed by atoms with E-state index in [4.69, 9.17) is 16.0 Å². The first-order valence-corrected chi connectivity index (χ1v) is 9.34. The largest absolute Gasteiger partial charge is 0.451 e. The van der Waals surface area contributed by atoms with Crippen molar-refractivity contribution in [3.63, 3.8) is 0 Å². The lowest BCUT2D eigenvalue weighted by Gasteiger charge is -2.07. The first kappa shape index (κ1) is 18.8. The molecule has 6 nitrogen and oxygen atoms in total. The second kappa shape index (κ2) is 7.48. The Morgan fingerprint density at radius 1 is 1.00 bits per heavy atom. The van der Waals surface area contributed by atoms with E-state index in [0.29, 0.717) is 22.2 Å². The van der Waals surface area contributed by atoms with Crippen LogP contribution in [0.2, 0.25) is 5.02 Å². The third kappa shape index (κ3) is 3.50. The Balaban J connectivity index is 1.63. The molecule has 4 rings (SSSR count). The normalized spacial score (nSPS) is 10.9. The number of rotatable bonds is 4. The van der Waals surface area contributed by atoms with Crippen LogP contribution in [0.1, 0.15) is 16.2 Å². The lowest BCUT2D eigenvalue weighted by molar-refractivity contribution is 0.0997. The standard InChI is InChI=1S/C22H18ClN3O3/c1-14-20(22(28)26(25(14)2)17-6-4-3-5-7-17)24-21(27)19-13-12-18(29-19)15-8-10-16(23)11-9-15/h3-13H,1-2H3,(H,24,27). The molecular formula is C22H18ClN3O3. The van der Waals surface area contributed by atoms with Gasteiger partial charge in [-0.15, -0.1) is 0 Å². The minimum absolute atomic E-state index is 0.115. The first-order chi connectivity index (χ1) is 14.0. The molecule has 2 aromatic heterocycles. The van der Waals surface area contributed by atoms with E-state index in [1.165, 1.54) is 4.68 Å². The molecular weight excluding hydrogens is 390 g/mol.